The van der Waals surface area contributed by atoms with Crippen LogP contribution in [0.1, 0.15) is 6.92 Å². The van der Waals surface area contributed by atoms with Crippen molar-refractivity contribution in [2.24, 2.45) is 0 Å². The van der Waals surface area contributed by atoms with Crippen LogP contribution in [-0.4, -0.2) is 39.1 Å². The van der Waals surface area contributed by atoms with Crippen LogP contribution in [0.4, 0.5) is 0 Å². The Bertz CT molecular complexity index is 337. The van der Waals surface area contributed by atoms with Gasteiger partial charge >= 0.3 is 0 Å². The van der Waals surface area contributed by atoms with Gasteiger partial charge in [0.05, 0.1) is 27.4 Å². The highest BCUT2D eigenvalue weighted by atomic mass is 16.5. The van der Waals surface area contributed by atoms with Crippen molar-refractivity contribution in [1.29, 1.82) is 0 Å². The van der Waals surface area contributed by atoms with Crippen LogP contribution in [0.2, 0.25) is 0 Å². The van der Waals surface area contributed by atoms with Gasteiger partial charge in [0.1, 0.15) is 12.4 Å². The molecule has 17 heavy (non-hydrogen) atoms. The van der Waals surface area contributed by atoms with Gasteiger partial charge in [0, 0.05) is 12.1 Å². The van der Waals surface area contributed by atoms with Crippen LogP contribution in [0.25, 0.3) is 0 Å². The van der Waals surface area contributed by atoms with Crippen LogP contribution in [0.15, 0.2) is 12.1 Å². The maximum absolute atomic E-state index is 9.16. The zero-order chi connectivity index (χ0) is 12.8. The summed E-state index contributed by atoms with van der Waals surface area (Å²) in [5.41, 5.74) is 0. The molecule has 96 valence electrons. The van der Waals surface area contributed by atoms with Gasteiger partial charge in [-0.15, -0.1) is 0 Å². The minimum Gasteiger partial charge on any atom is -0.493 e. The molecule has 0 aliphatic carbocycles. The molecular weight excluding hydrogens is 224 g/mol. The zero-order valence-electron chi connectivity index (χ0n) is 10.5. The monoisotopic (exact) mass is 242 g/mol. The van der Waals surface area contributed by atoms with Gasteiger partial charge in [-0.25, -0.2) is 0 Å². The Morgan fingerprint density at radius 3 is 1.94 bits per heavy atom. The number of aliphatic hydroxyl groups excluding tert-OH is 1. The highest BCUT2D eigenvalue weighted by Crippen LogP contribution is 2.40. The summed E-state index contributed by atoms with van der Waals surface area (Å²) in [5.74, 6) is 2.11. The number of rotatable bonds is 6. The average molecular weight is 242 g/mol. The fourth-order valence-corrected chi connectivity index (χ4v) is 1.36. The highest BCUT2D eigenvalue weighted by molar-refractivity contribution is 5.55. The lowest BCUT2D eigenvalue weighted by molar-refractivity contribution is 0.122. The van der Waals surface area contributed by atoms with Crippen LogP contribution < -0.4 is 18.9 Å². The number of methoxy groups -OCH3 is 3. The molecule has 1 aromatic carbocycles. The summed E-state index contributed by atoms with van der Waals surface area (Å²) in [4.78, 5) is 0. The quantitative estimate of drug-likeness (QED) is 0.818. The molecule has 0 amide bonds. The fraction of sp³-hybridized carbons (Fsp3) is 0.500. The first kappa shape index (κ1) is 13.4. The van der Waals surface area contributed by atoms with E-state index in [2.05, 4.69) is 0 Å². The Labute approximate surface area is 101 Å². The molecule has 5 nitrogen and oxygen atoms in total. The standard InChI is InChI=1S/C12H18O5/c1-8(13)7-17-9-5-10(14-2)12(16-4)11(6-9)15-3/h5-6,8,13H,7H2,1-4H3/t8-/m0/s1. The molecule has 0 radical (unpaired) electrons. The zero-order valence-corrected chi connectivity index (χ0v) is 10.5. The second-order valence-electron chi connectivity index (χ2n) is 3.52. The molecule has 0 spiro atoms. The van der Waals surface area contributed by atoms with Gasteiger partial charge in [-0.2, -0.15) is 0 Å². The molecule has 0 unspecified atom stereocenters. The summed E-state index contributed by atoms with van der Waals surface area (Å²) in [6.45, 7) is 1.86. The van der Waals surface area contributed by atoms with E-state index in [9.17, 15) is 0 Å². The Hall–Kier alpha value is -1.62. The molecule has 0 heterocycles. The van der Waals surface area contributed by atoms with Crippen molar-refractivity contribution < 1.29 is 24.1 Å². The molecule has 1 rings (SSSR count). The minimum atomic E-state index is -0.533. The minimum absolute atomic E-state index is 0.207. The van der Waals surface area contributed by atoms with Gasteiger partial charge in [0.15, 0.2) is 11.5 Å². The number of benzene rings is 1. The van der Waals surface area contributed by atoms with E-state index < -0.39 is 6.10 Å². The number of hydrogen-bond donors (Lipinski definition) is 1. The van der Waals surface area contributed by atoms with Gasteiger partial charge in [-0.05, 0) is 6.92 Å². The molecule has 0 saturated heterocycles. The lowest BCUT2D eigenvalue weighted by Crippen LogP contribution is -2.12. The van der Waals surface area contributed by atoms with Gasteiger partial charge in [-0.1, -0.05) is 0 Å². The summed E-state index contributed by atoms with van der Waals surface area (Å²) in [6, 6.07) is 3.37. The molecule has 0 fully saturated rings. The fourth-order valence-electron chi connectivity index (χ4n) is 1.36. The van der Waals surface area contributed by atoms with Crippen molar-refractivity contribution in [2.45, 2.75) is 13.0 Å². The van der Waals surface area contributed by atoms with Crippen molar-refractivity contribution in [3.8, 4) is 23.0 Å². The van der Waals surface area contributed by atoms with E-state index in [1.54, 1.807) is 19.1 Å². The first-order valence-corrected chi connectivity index (χ1v) is 5.23. The second-order valence-corrected chi connectivity index (χ2v) is 3.52. The van der Waals surface area contributed by atoms with Crippen molar-refractivity contribution >= 4 is 0 Å². The predicted octanol–water partition coefficient (Wildman–Crippen LogP) is 1.47. The second kappa shape index (κ2) is 6.20. The molecule has 1 atom stereocenters. The molecule has 0 aliphatic rings. The van der Waals surface area contributed by atoms with E-state index in [-0.39, 0.29) is 6.61 Å². The molecule has 0 saturated carbocycles. The normalized spacial score (nSPS) is 11.8. The largest absolute Gasteiger partial charge is 0.493 e. The van der Waals surface area contributed by atoms with Crippen LogP contribution in [0, 0.1) is 0 Å². The maximum atomic E-state index is 9.16. The molecule has 0 bridgehead atoms. The Balaban J connectivity index is 3.00. The maximum Gasteiger partial charge on any atom is 0.203 e. The summed E-state index contributed by atoms with van der Waals surface area (Å²) in [6.07, 6.45) is -0.533. The van der Waals surface area contributed by atoms with E-state index in [1.807, 2.05) is 0 Å². The third kappa shape index (κ3) is 3.42. The summed E-state index contributed by atoms with van der Waals surface area (Å²) in [7, 11) is 4.61. The number of aliphatic hydroxyl groups is 1. The smallest absolute Gasteiger partial charge is 0.203 e. The summed E-state index contributed by atoms with van der Waals surface area (Å²) >= 11 is 0. The summed E-state index contributed by atoms with van der Waals surface area (Å²) in [5, 5.41) is 9.16. The van der Waals surface area contributed by atoms with E-state index >= 15 is 0 Å². The van der Waals surface area contributed by atoms with Crippen LogP contribution in [0.3, 0.4) is 0 Å². The Morgan fingerprint density at radius 2 is 1.59 bits per heavy atom. The third-order valence-corrected chi connectivity index (χ3v) is 2.13. The van der Waals surface area contributed by atoms with Gasteiger partial charge in [-0.3, -0.25) is 0 Å². The Kier molecular flexibility index (Phi) is 4.90. The van der Waals surface area contributed by atoms with E-state index in [0.717, 1.165) is 0 Å². The van der Waals surface area contributed by atoms with Crippen LogP contribution in [-0.2, 0) is 0 Å². The SMILES string of the molecule is COc1cc(OC[C@H](C)O)cc(OC)c1OC. The number of ether oxygens (including phenoxy) is 4. The van der Waals surface area contributed by atoms with Crippen molar-refractivity contribution in [3.63, 3.8) is 0 Å². The molecular formula is C12H18O5. The first-order valence-electron chi connectivity index (χ1n) is 5.23. The lowest BCUT2D eigenvalue weighted by Gasteiger charge is -2.15. The molecule has 1 N–H and O–H groups in total. The van der Waals surface area contributed by atoms with Gasteiger partial charge < -0.3 is 24.1 Å². The molecule has 0 aromatic heterocycles. The van der Waals surface area contributed by atoms with E-state index in [4.69, 9.17) is 24.1 Å². The molecule has 5 heteroatoms. The van der Waals surface area contributed by atoms with Crippen molar-refractivity contribution in [1.82, 2.24) is 0 Å². The first-order chi connectivity index (χ1) is 8.12. The van der Waals surface area contributed by atoms with Crippen molar-refractivity contribution in [2.75, 3.05) is 27.9 Å². The van der Waals surface area contributed by atoms with Crippen LogP contribution >= 0.6 is 0 Å². The van der Waals surface area contributed by atoms with E-state index in [0.29, 0.717) is 23.0 Å². The highest BCUT2D eigenvalue weighted by Gasteiger charge is 2.14. The topological polar surface area (TPSA) is 57.2 Å². The number of hydrogen-bond acceptors (Lipinski definition) is 5. The average Bonchev–Trinajstić information content (AvgIpc) is 2.34. The van der Waals surface area contributed by atoms with E-state index in [1.165, 1.54) is 21.3 Å². The molecule has 1 aromatic rings. The molecule has 0 aliphatic heterocycles. The predicted molar refractivity (Wildman–Crippen MR) is 63.3 cm³/mol. The van der Waals surface area contributed by atoms with Crippen LogP contribution in [0.5, 0.6) is 23.0 Å². The van der Waals surface area contributed by atoms with Crippen molar-refractivity contribution in [3.05, 3.63) is 12.1 Å². The Morgan fingerprint density at radius 1 is 1.06 bits per heavy atom. The summed E-state index contributed by atoms with van der Waals surface area (Å²) < 4.78 is 20.9. The third-order valence-electron chi connectivity index (χ3n) is 2.13. The van der Waals surface area contributed by atoms with Gasteiger partial charge in [0.2, 0.25) is 5.75 Å². The van der Waals surface area contributed by atoms with Gasteiger partial charge in [0.25, 0.3) is 0 Å². The lowest BCUT2D eigenvalue weighted by atomic mass is 10.2.